The summed E-state index contributed by atoms with van der Waals surface area (Å²) >= 11 is 0. The molecule has 1 unspecified atom stereocenters. The topological polar surface area (TPSA) is 35.6 Å². The summed E-state index contributed by atoms with van der Waals surface area (Å²) in [5.41, 5.74) is 0. The molecule has 0 aromatic rings. The van der Waals surface area contributed by atoms with E-state index in [1.165, 1.54) is 6.42 Å². The van der Waals surface area contributed by atoms with Crippen LogP contribution in [0.3, 0.4) is 0 Å². The predicted molar refractivity (Wildman–Crippen MR) is 55.1 cm³/mol. The molecule has 1 atom stereocenters. The Morgan fingerprint density at radius 3 is 2.50 bits per heavy atom. The number of hydrogen-bond acceptors (Lipinski definition) is 3. The van der Waals surface area contributed by atoms with Gasteiger partial charge in [-0.25, -0.2) is 0 Å². The Labute approximate surface area is 85.2 Å². The largest absolute Gasteiger partial charge is 0.340 e. The summed E-state index contributed by atoms with van der Waals surface area (Å²) in [5, 5.41) is 3.38. The van der Waals surface area contributed by atoms with Gasteiger partial charge in [0.05, 0.1) is 0 Å². The number of hydrogen-bond donors (Lipinski definition) is 1. The van der Waals surface area contributed by atoms with Crippen LogP contribution in [0.1, 0.15) is 13.3 Å². The smallest absolute Gasteiger partial charge is 0.219 e. The SMILES string of the molecule is CC(=O)N1CCN(C2CCNC2)CC1. The zero-order valence-electron chi connectivity index (χ0n) is 8.83. The second kappa shape index (κ2) is 4.28. The molecule has 0 aliphatic carbocycles. The van der Waals surface area contributed by atoms with Crippen LogP contribution in [0.5, 0.6) is 0 Å². The lowest BCUT2D eigenvalue weighted by molar-refractivity contribution is -0.130. The number of piperazine rings is 1. The third-order valence-corrected chi connectivity index (χ3v) is 3.31. The van der Waals surface area contributed by atoms with Crippen LogP contribution in [0.2, 0.25) is 0 Å². The van der Waals surface area contributed by atoms with Gasteiger partial charge in [0.15, 0.2) is 0 Å². The summed E-state index contributed by atoms with van der Waals surface area (Å²) in [6, 6.07) is 0.712. The molecule has 2 fully saturated rings. The summed E-state index contributed by atoms with van der Waals surface area (Å²) in [7, 11) is 0. The molecular formula is C10H19N3O. The summed E-state index contributed by atoms with van der Waals surface area (Å²) in [6.45, 7) is 7.85. The molecule has 2 heterocycles. The monoisotopic (exact) mass is 197 g/mol. The van der Waals surface area contributed by atoms with Gasteiger partial charge >= 0.3 is 0 Å². The lowest BCUT2D eigenvalue weighted by Crippen LogP contribution is -2.51. The van der Waals surface area contributed by atoms with Crippen LogP contribution in [0.25, 0.3) is 0 Å². The van der Waals surface area contributed by atoms with E-state index in [9.17, 15) is 4.79 Å². The number of rotatable bonds is 1. The maximum absolute atomic E-state index is 11.1. The molecule has 0 spiro atoms. The quantitative estimate of drug-likeness (QED) is 0.616. The maximum atomic E-state index is 11.1. The highest BCUT2D eigenvalue weighted by Crippen LogP contribution is 2.11. The highest BCUT2D eigenvalue weighted by molar-refractivity contribution is 5.73. The molecule has 1 amide bonds. The second-order valence-corrected chi connectivity index (χ2v) is 4.19. The molecule has 0 saturated carbocycles. The fourth-order valence-electron chi connectivity index (χ4n) is 2.35. The first kappa shape index (κ1) is 9.93. The standard InChI is InChI=1S/C10H19N3O/c1-9(14)12-4-6-13(7-5-12)10-2-3-11-8-10/h10-11H,2-8H2,1H3. The van der Waals surface area contributed by atoms with Gasteiger partial charge in [-0.3, -0.25) is 9.69 Å². The third kappa shape index (κ3) is 2.07. The average Bonchev–Trinajstić information content (AvgIpc) is 2.71. The molecule has 0 aromatic carbocycles. The van der Waals surface area contributed by atoms with Crippen LogP contribution in [-0.2, 0) is 4.79 Å². The van der Waals surface area contributed by atoms with Crippen molar-refractivity contribution in [1.82, 2.24) is 15.1 Å². The average molecular weight is 197 g/mol. The molecular weight excluding hydrogens is 178 g/mol. The second-order valence-electron chi connectivity index (χ2n) is 4.19. The van der Waals surface area contributed by atoms with Gasteiger partial charge in [0.2, 0.25) is 5.91 Å². The zero-order valence-corrected chi connectivity index (χ0v) is 8.83. The van der Waals surface area contributed by atoms with Gasteiger partial charge in [-0.05, 0) is 13.0 Å². The van der Waals surface area contributed by atoms with E-state index in [2.05, 4.69) is 10.2 Å². The number of amides is 1. The van der Waals surface area contributed by atoms with Gasteiger partial charge in [0.1, 0.15) is 0 Å². The minimum absolute atomic E-state index is 0.217. The lowest BCUT2D eigenvalue weighted by Gasteiger charge is -2.37. The first-order valence-electron chi connectivity index (χ1n) is 5.47. The Morgan fingerprint density at radius 1 is 1.29 bits per heavy atom. The van der Waals surface area contributed by atoms with E-state index in [1.807, 2.05) is 4.90 Å². The number of nitrogens with one attached hydrogen (secondary N) is 1. The molecule has 2 aliphatic rings. The highest BCUT2D eigenvalue weighted by atomic mass is 16.2. The van der Waals surface area contributed by atoms with Crippen LogP contribution >= 0.6 is 0 Å². The molecule has 4 nitrogen and oxygen atoms in total. The van der Waals surface area contributed by atoms with E-state index in [0.29, 0.717) is 6.04 Å². The predicted octanol–water partition coefficient (Wildman–Crippen LogP) is -0.488. The minimum Gasteiger partial charge on any atom is -0.340 e. The summed E-state index contributed by atoms with van der Waals surface area (Å²) < 4.78 is 0. The van der Waals surface area contributed by atoms with Crippen LogP contribution in [0, 0.1) is 0 Å². The van der Waals surface area contributed by atoms with Crippen LogP contribution in [-0.4, -0.2) is 61.0 Å². The lowest BCUT2D eigenvalue weighted by atomic mass is 10.2. The summed E-state index contributed by atoms with van der Waals surface area (Å²) in [4.78, 5) is 15.6. The van der Waals surface area contributed by atoms with Crippen LogP contribution in [0.4, 0.5) is 0 Å². The summed E-state index contributed by atoms with van der Waals surface area (Å²) in [6.07, 6.45) is 1.26. The van der Waals surface area contributed by atoms with Crippen molar-refractivity contribution in [1.29, 1.82) is 0 Å². The van der Waals surface area contributed by atoms with Gasteiger partial charge < -0.3 is 10.2 Å². The van der Waals surface area contributed by atoms with Gasteiger partial charge in [-0.2, -0.15) is 0 Å². The van der Waals surface area contributed by atoms with E-state index in [0.717, 1.165) is 39.3 Å². The minimum atomic E-state index is 0.217. The van der Waals surface area contributed by atoms with E-state index in [1.54, 1.807) is 6.92 Å². The number of carbonyl (C=O) groups is 1. The van der Waals surface area contributed by atoms with Crippen LogP contribution in [0.15, 0.2) is 0 Å². The molecule has 1 N–H and O–H groups in total. The van der Waals surface area contributed by atoms with E-state index in [4.69, 9.17) is 0 Å². The maximum Gasteiger partial charge on any atom is 0.219 e. The number of carbonyl (C=O) groups excluding carboxylic acids is 1. The van der Waals surface area contributed by atoms with Crippen molar-refractivity contribution in [3.05, 3.63) is 0 Å². The van der Waals surface area contributed by atoms with Crippen molar-refractivity contribution in [2.24, 2.45) is 0 Å². The normalized spacial score (nSPS) is 29.5. The Hall–Kier alpha value is -0.610. The van der Waals surface area contributed by atoms with Gasteiger partial charge in [0, 0.05) is 45.7 Å². The van der Waals surface area contributed by atoms with Crippen molar-refractivity contribution in [2.75, 3.05) is 39.3 Å². The Kier molecular flexibility index (Phi) is 3.03. The van der Waals surface area contributed by atoms with E-state index in [-0.39, 0.29) is 5.91 Å². The van der Waals surface area contributed by atoms with E-state index >= 15 is 0 Å². The van der Waals surface area contributed by atoms with E-state index < -0.39 is 0 Å². The first-order valence-corrected chi connectivity index (χ1v) is 5.47. The van der Waals surface area contributed by atoms with Crippen molar-refractivity contribution in [3.8, 4) is 0 Å². The molecule has 14 heavy (non-hydrogen) atoms. The fourth-order valence-corrected chi connectivity index (χ4v) is 2.35. The van der Waals surface area contributed by atoms with Crippen molar-refractivity contribution in [3.63, 3.8) is 0 Å². The fraction of sp³-hybridized carbons (Fsp3) is 0.900. The third-order valence-electron chi connectivity index (χ3n) is 3.31. The molecule has 0 radical (unpaired) electrons. The van der Waals surface area contributed by atoms with Gasteiger partial charge in [-0.15, -0.1) is 0 Å². The molecule has 4 heteroatoms. The van der Waals surface area contributed by atoms with Crippen molar-refractivity contribution in [2.45, 2.75) is 19.4 Å². The van der Waals surface area contributed by atoms with Gasteiger partial charge in [-0.1, -0.05) is 0 Å². The summed E-state index contributed by atoms with van der Waals surface area (Å²) in [5.74, 6) is 0.217. The Balaban J connectivity index is 1.80. The molecule has 0 aromatic heterocycles. The first-order chi connectivity index (χ1) is 6.77. The molecule has 2 rings (SSSR count). The Bertz CT molecular complexity index is 205. The molecule has 0 bridgehead atoms. The number of nitrogens with zero attached hydrogens (tertiary/aromatic N) is 2. The molecule has 2 saturated heterocycles. The van der Waals surface area contributed by atoms with Gasteiger partial charge in [0.25, 0.3) is 0 Å². The highest BCUT2D eigenvalue weighted by Gasteiger charge is 2.26. The van der Waals surface area contributed by atoms with Crippen molar-refractivity contribution >= 4 is 5.91 Å². The zero-order chi connectivity index (χ0) is 9.97. The molecule has 80 valence electrons. The molecule has 2 aliphatic heterocycles. The van der Waals surface area contributed by atoms with Crippen LogP contribution < -0.4 is 5.32 Å². The Morgan fingerprint density at radius 2 is 2.00 bits per heavy atom. The van der Waals surface area contributed by atoms with Crippen molar-refractivity contribution < 1.29 is 4.79 Å².